The molecule has 0 atom stereocenters. The largest absolute Gasteiger partial charge is 0.397 e. The van der Waals surface area contributed by atoms with Crippen molar-refractivity contribution in [3.05, 3.63) is 53.6 Å². The maximum atomic E-state index is 12.9. The van der Waals surface area contributed by atoms with E-state index in [0.717, 1.165) is 11.1 Å². The molecule has 1 aliphatic heterocycles. The summed E-state index contributed by atoms with van der Waals surface area (Å²) in [7, 11) is -3.53. The predicted molar refractivity (Wildman–Crippen MR) is 107 cm³/mol. The maximum absolute atomic E-state index is 12.9. The number of carbonyl (C=O) groups excluding carboxylic acids is 1. The van der Waals surface area contributed by atoms with Crippen LogP contribution in [-0.4, -0.2) is 31.7 Å². The van der Waals surface area contributed by atoms with Crippen LogP contribution >= 0.6 is 0 Å². The molecular weight excluding hydrogens is 362 g/mol. The van der Waals surface area contributed by atoms with Crippen molar-refractivity contribution in [3.8, 4) is 0 Å². The van der Waals surface area contributed by atoms with Crippen LogP contribution < -0.4 is 11.1 Å². The Hall–Kier alpha value is -2.38. The standard InChI is InChI=1S/C20H25N3O3S/c1-14-7-8-17(13-15(14)2)27(25,26)23-11-9-16(10-12-23)20(24)22-19-6-4-3-5-18(19)21/h3-8,13,16H,9-12,21H2,1-2H3,(H,22,24). The van der Waals surface area contributed by atoms with Gasteiger partial charge in [0.25, 0.3) is 0 Å². The van der Waals surface area contributed by atoms with Gasteiger partial charge in [-0.25, -0.2) is 8.42 Å². The highest BCUT2D eigenvalue weighted by Gasteiger charge is 2.32. The predicted octanol–water partition coefficient (Wildman–Crippen LogP) is 2.93. The minimum absolute atomic E-state index is 0.115. The first-order valence-electron chi connectivity index (χ1n) is 9.02. The number of amides is 1. The van der Waals surface area contributed by atoms with Crippen molar-refractivity contribution < 1.29 is 13.2 Å². The highest BCUT2D eigenvalue weighted by Crippen LogP contribution is 2.26. The van der Waals surface area contributed by atoms with Gasteiger partial charge in [-0.2, -0.15) is 4.31 Å². The second kappa shape index (κ2) is 7.70. The van der Waals surface area contributed by atoms with Gasteiger partial charge in [0.2, 0.25) is 15.9 Å². The fourth-order valence-electron chi connectivity index (χ4n) is 3.23. The fraction of sp³-hybridized carbons (Fsp3) is 0.350. The summed E-state index contributed by atoms with van der Waals surface area (Å²) < 4.78 is 27.2. The maximum Gasteiger partial charge on any atom is 0.243 e. The molecule has 1 aliphatic rings. The third-order valence-electron chi connectivity index (χ3n) is 5.16. The van der Waals surface area contributed by atoms with Gasteiger partial charge in [-0.15, -0.1) is 0 Å². The minimum atomic E-state index is -3.53. The van der Waals surface area contributed by atoms with Gasteiger partial charge in [-0.3, -0.25) is 4.79 Å². The molecule has 0 aliphatic carbocycles. The Labute approximate surface area is 160 Å². The second-order valence-corrected chi connectivity index (χ2v) is 8.94. The summed E-state index contributed by atoms with van der Waals surface area (Å²) in [5.41, 5.74) is 8.98. The van der Waals surface area contributed by atoms with Gasteiger partial charge in [-0.1, -0.05) is 18.2 Å². The molecule has 0 unspecified atom stereocenters. The smallest absolute Gasteiger partial charge is 0.243 e. The van der Waals surface area contributed by atoms with Gasteiger partial charge in [-0.05, 0) is 62.1 Å². The van der Waals surface area contributed by atoms with E-state index in [2.05, 4.69) is 5.32 Å². The van der Waals surface area contributed by atoms with Crippen molar-refractivity contribution in [1.82, 2.24) is 4.31 Å². The van der Waals surface area contributed by atoms with Gasteiger partial charge in [0.15, 0.2) is 0 Å². The van der Waals surface area contributed by atoms with Crippen LogP contribution in [0.3, 0.4) is 0 Å². The van der Waals surface area contributed by atoms with Crippen molar-refractivity contribution in [1.29, 1.82) is 0 Å². The van der Waals surface area contributed by atoms with E-state index in [1.807, 2.05) is 26.0 Å². The Balaban J connectivity index is 1.65. The molecule has 27 heavy (non-hydrogen) atoms. The average Bonchev–Trinajstić information content (AvgIpc) is 2.65. The van der Waals surface area contributed by atoms with Gasteiger partial charge in [0.1, 0.15) is 0 Å². The Bertz CT molecular complexity index is 949. The number of para-hydroxylation sites is 2. The van der Waals surface area contributed by atoms with E-state index >= 15 is 0 Å². The summed E-state index contributed by atoms with van der Waals surface area (Å²) in [6.07, 6.45) is 0.977. The zero-order valence-electron chi connectivity index (χ0n) is 15.6. The zero-order valence-corrected chi connectivity index (χ0v) is 16.4. The number of nitrogens with two attached hydrogens (primary N) is 1. The van der Waals surface area contributed by atoms with Gasteiger partial charge < -0.3 is 11.1 Å². The van der Waals surface area contributed by atoms with E-state index in [9.17, 15) is 13.2 Å². The van der Waals surface area contributed by atoms with Crippen LogP contribution in [0.15, 0.2) is 47.4 Å². The number of nitrogens with zero attached hydrogens (tertiary/aromatic N) is 1. The van der Waals surface area contributed by atoms with E-state index in [1.165, 1.54) is 4.31 Å². The topological polar surface area (TPSA) is 92.5 Å². The van der Waals surface area contributed by atoms with E-state index < -0.39 is 10.0 Å². The number of aryl methyl sites for hydroxylation is 2. The summed E-state index contributed by atoms with van der Waals surface area (Å²) in [6.45, 7) is 4.52. The summed E-state index contributed by atoms with van der Waals surface area (Å²) >= 11 is 0. The van der Waals surface area contributed by atoms with Gasteiger partial charge in [0, 0.05) is 19.0 Å². The highest BCUT2D eigenvalue weighted by molar-refractivity contribution is 7.89. The summed E-state index contributed by atoms with van der Waals surface area (Å²) in [5.74, 6) is -0.341. The van der Waals surface area contributed by atoms with E-state index in [1.54, 1.807) is 30.3 Å². The molecule has 0 aromatic heterocycles. The quantitative estimate of drug-likeness (QED) is 0.789. The fourth-order valence-corrected chi connectivity index (χ4v) is 4.78. The number of hydrogen-bond donors (Lipinski definition) is 2. The molecule has 2 aromatic carbocycles. The molecule has 2 aromatic rings. The molecule has 0 spiro atoms. The number of nitrogen functional groups attached to an aromatic ring is 1. The molecule has 0 saturated carbocycles. The summed E-state index contributed by atoms with van der Waals surface area (Å²) in [5, 5.41) is 2.85. The van der Waals surface area contributed by atoms with Crippen LogP contribution in [0.25, 0.3) is 0 Å². The number of carbonyl (C=O) groups is 1. The highest BCUT2D eigenvalue weighted by atomic mass is 32.2. The molecule has 1 heterocycles. The molecular formula is C20H25N3O3S. The monoisotopic (exact) mass is 387 g/mol. The molecule has 1 amide bonds. The molecule has 6 nitrogen and oxygen atoms in total. The minimum Gasteiger partial charge on any atom is -0.397 e. The lowest BCUT2D eigenvalue weighted by Crippen LogP contribution is -2.41. The van der Waals surface area contributed by atoms with Crippen molar-refractivity contribution >= 4 is 27.3 Å². The molecule has 7 heteroatoms. The van der Waals surface area contributed by atoms with Crippen LogP contribution in [0.4, 0.5) is 11.4 Å². The lowest BCUT2D eigenvalue weighted by Gasteiger charge is -2.30. The number of rotatable bonds is 4. The molecule has 1 saturated heterocycles. The Morgan fingerprint density at radius 3 is 2.37 bits per heavy atom. The molecule has 3 rings (SSSR count). The number of benzene rings is 2. The molecule has 0 radical (unpaired) electrons. The van der Waals surface area contributed by atoms with Crippen molar-refractivity contribution in [2.24, 2.45) is 5.92 Å². The molecule has 1 fully saturated rings. The first kappa shape index (κ1) is 19.4. The van der Waals surface area contributed by atoms with Crippen molar-refractivity contribution in [3.63, 3.8) is 0 Å². The summed E-state index contributed by atoms with van der Waals surface area (Å²) in [6, 6.07) is 12.3. The number of anilines is 2. The van der Waals surface area contributed by atoms with Crippen molar-refractivity contribution in [2.45, 2.75) is 31.6 Å². The lowest BCUT2D eigenvalue weighted by molar-refractivity contribution is -0.120. The van der Waals surface area contributed by atoms with Gasteiger partial charge in [0.05, 0.1) is 16.3 Å². The Kier molecular flexibility index (Phi) is 5.53. The van der Waals surface area contributed by atoms with Crippen LogP contribution in [0, 0.1) is 19.8 Å². The number of piperidine rings is 1. The first-order chi connectivity index (χ1) is 12.8. The Morgan fingerprint density at radius 2 is 1.74 bits per heavy atom. The zero-order chi connectivity index (χ0) is 19.6. The number of hydrogen-bond acceptors (Lipinski definition) is 4. The molecule has 3 N–H and O–H groups in total. The van der Waals surface area contributed by atoms with E-state index in [4.69, 9.17) is 5.73 Å². The lowest BCUT2D eigenvalue weighted by atomic mass is 9.97. The van der Waals surface area contributed by atoms with Crippen molar-refractivity contribution in [2.75, 3.05) is 24.1 Å². The third kappa shape index (κ3) is 4.14. The third-order valence-corrected chi connectivity index (χ3v) is 7.05. The summed E-state index contributed by atoms with van der Waals surface area (Å²) in [4.78, 5) is 12.8. The van der Waals surface area contributed by atoms with Crippen LogP contribution in [-0.2, 0) is 14.8 Å². The van der Waals surface area contributed by atoms with E-state index in [-0.39, 0.29) is 11.8 Å². The normalized spacial score (nSPS) is 16.2. The van der Waals surface area contributed by atoms with Crippen LogP contribution in [0.2, 0.25) is 0 Å². The second-order valence-electron chi connectivity index (χ2n) is 7.00. The first-order valence-corrected chi connectivity index (χ1v) is 10.5. The van der Waals surface area contributed by atoms with Crippen LogP contribution in [0.1, 0.15) is 24.0 Å². The SMILES string of the molecule is Cc1ccc(S(=O)(=O)N2CCC(C(=O)Nc3ccccc3N)CC2)cc1C. The Morgan fingerprint density at radius 1 is 1.07 bits per heavy atom. The van der Waals surface area contributed by atoms with Gasteiger partial charge >= 0.3 is 0 Å². The number of sulfonamides is 1. The van der Waals surface area contributed by atoms with Crippen LogP contribution in [0.5, 0.6) is 0 Å². The number of nitrogens with one attached hydrogen (secondary N) is 1. The molecule has 0 bridgehead atoms. The average molecular weight is 388 g/mol. The molecule has 144 valence electrons. The van der Waals surface area contributed by atoms with E-state index in [0.29, 0.717) is 42.2 Å².